The zero-order valence-electron chi connectivity index (χ0n) is 9.51. The van der Waals surface area contributed by atoms with Crippen LogP contribution in [0.3, 0.4) is 0 Å². The molecule has 3 heteroatoms. The largest absolute Gasteiger partial charge is 0.397 e. The molecule has 88 valence electrons. The minimum absolute atomic E-state index is 0.616. The number of hydrogen-bond donors (Lipinski definition) is 2. The molecule has 2 rings (SSSR count). The molecule has 0 amide bonds. The summed E-state index contributed by atoms with van der Waals surface area (Å²) in [4.78, 5) is 0. The Hall–Kier alpha value is -0.450. The first-order valence-electron chi connectivity index (χ1n) is 6.07. The van der Waals surface area contributed by atoms with Crippen molar-refractivity contribution in [2.24, 2.45) is 0 Å². The zero-order chi connectivity index (χ0) is 11.4. The fourth-order valence-corrected chi connectivity index (χ4v) is 2.82. The molecule has 2 nitrogen and oxygen atoms in total. The summed E-state index contributed by atoms with van der Waals surface area (Å²) in [5.41, 5.74) is 7.99. The van der Waals surface area contributed by atoms with E-state index in [1.165, 1.54) is 42.1 Å². The molecule has 0 aromatic heterocycles. The molecular formula is C13H19IN2. The number of halogens is 1. The van der Waals surface area contributed by atoms with E-state index in [4.69, 9.17) is 5.73 Å². The third kappa shape index (κ3) is 3.27. The third-order valence-electron chi connectivity index (χ3n) is 3.23. The van der Waals surface area contributed by atoms with Crippen molar-refractivity contribution >= 4 is 34.0 Å². The highest BCUT2D eigenvalue weighted by Crippen LogP contribution is 2.25. The normalized spacial score (nSPS) is 18.1. The van der Waals surface area contributed by atoms with Crippen LogP contribution in [-0.2, 0) is 0 Å². The Morgan fingerprint density at radius 1 is 1.12 bits per heavy atom. The van der Waals surface area contributed by atoms with Crippen molar-refractivity contribution in [3.05, 3.63) is 21.8 Å². The monoisotopic (exact) mass is 330 g/mol. The quantitative estimate of drug-likeness (QED) is 0.488. The van der Waals surface area contributed by atoms with Gasteiger partial charge in [0.2, 0.25) is 0 Å². The van der Waals surface area contributed by atoms with Gasteiger partial charge in [0, 0.05) is 9.61 Å². The van der Waals surface area contributed by atoms with Crippen molar-refractivity contribution in [1.29, 1.82) is 0 Å². The Kier molecular flexibility index (Phi) is 4.32. The van der Waals surface area contributed by atoms with Gasteiger partial charge in [-0.2, -0.15) is 0 Å². The highest BCUT2D eigenvalue weighted by atomic mass is 127. The predicted octanol–water partition coefficient (Wildman–Crippen LogP) is 4.01. The van der Waals surface area contributed by atoms with E-state index in [2.05, 4.69) is 40.0 Å². The predicted molar refractivity (Wildman–Crippen MR) is 78.7 cm³/mol. The molecule has 1 aromatic rings. The van der Waals surface area contributed by atoms with E-state index >= 15 is 0 Å². The molecule has 0 bridgehead atoms. The van der Waals surface area contributed by atoms with Crippen molar-refractivity contribution < 1.29 is 0 Å². The summed E-state index contributed by atoms with van der Waals surface area (Å²) in [6.07, 6.45) is 8.04. The Balaban J connectivity index is 2.01. The van der Waals surface area contributed by atoms with Crippen molar-refractivity contribution in [3.63, 3.8) is 0 Å². The second-order valence-corrected chi connectivity index (χ2v) is 5.81. The lowest BCUT2D eigenvalue weighted by Gasteiger charge is -2.19. The molecule has 3 N–H and O–H groups in total. The first-order chi connectivity index (χ1) is 7.75. The van der Waals surface area contributed by atoms with Crippen LogP contribution in [0.15, 0.2) is 18.2 Å². The molecular weight excluding hydrogens is 311 g/mol. The van der Waals surface area contributed by atoms with E-state index in [1.54, 1.807) is 0 Å². The van der Waals surface area contributed by atoms with E-state index in [0.717, 1.165) is 11.4 Å². The smallest absolute Gasteiger partial charge is 0.0576 e. The van der Waals surface area contributed by atoms with Crippen LogP contribution >= 0.6 is 22.6 Å². The van der Waals surface area contributed by atoms with Gasteiger partial charge in [-0.25, -0.2) is 0 Å². The average molecular weight is 330 g/mol. The average Bonchev–Trinajstić information content (AvgIpc) is 2.51. The van der Waals surface area contributed by atoms with Gasteiger partial charge in [-0.05, 0) is 53.6 Å². The Morgan fingerprint density at radius 3 is 2.44 bits per heavy atom. The molecule has 0 unspecified atom stereocenters. The lowest BCUT2D eigenvalue weighted by Crippen LogP contribution is -2.19. The van der Waals surface area contributed by atoms with Crippen LogP contribution in [0.1, 0.15) is 38.5 Å². The number of hydrogen-bond acceptors (Lipinski definition) is 2. The number of nitrogens with one attached hydrogen (secondary N) is 1. The van der Waals surface area contributed by atoms with E-state index in [1.807, 2.05) is 6.07 Å². The lowest BCUT2D eigenvalue weighted by molar-refractivity contribution is 0.620. The Morgan fingerprint density at radius 2 is 1.81 bits per heavy atom. The molecule has 1 aromatic carbocycles. The lowest BCUT2D eigenvalue weighted by atomic mass is 10.1. The first kappa shape index (κ1) is 12.0. The van der Waals surface area contributed by atoms with Crippen molar-refractivity contribution in [3.8, 4) is 0 Å². The number of anilines is 2. The van der Waals surface area contributed by atoms with Crippen molar-refractivity contribution in [2.45, 2.75) is 44.6 Å². The molecule has 0 spiro atoms. The van der Waals surface area contributed by atoms with Gasteiger partial charge < -0.3 is 11.1 Å². The highest BCUT2D eigenvalue weighted by Gasteiger charge is 2.12. The van der Waals surface area contributed by atoms with Crippen LogP contribution in [0.25, 0.3) is 0 Å². The van der Waals surface area contributed by atoms with Gasteiger partial charge >= 0.3 is 0 Å². The number of benzene rings is 1. The maximum Gasteiger partial charge on any atom is 0.0576 e. The SMILES string of the molecule is Nc1cc(I)ccc1NC1CCCCCC1. The van der Waals surface area contributed by atoms with E-state index < -0.39 is 0 Å². The molecule has 0 atom stereocenters. The maximum atomic E-state index is 6.01. The van der Waals surface area contributed by atoms with Crippen LogP contribution in [-0.4, -0.2) is 6.04 Å². The summed E-state index contributed by atoms with van der Waals surface area (Å²) < 4.78 is 1.20. The van der Waals surface area contributed by atoms with Gasteiger partial charge in [-0.15, -0.1) is 0 Å². The van der Waals surface area contributed by atoms with Crippen LogP contribution in [0.5, 0.6) is 0 Å². The Bertz CT molecular complexity index is 344. The van der Waals surface area contributed by atoms with E-state index in [-0.39, 0.29) is 0 Å². The molecule has 0 aliphatic heterocycles. The van der Waals surface area contributed by atoms with Gasteiger partial charge in [0.15, 0.2) is 0 Å². The minimum Gasteiger partial charge on any atom is -0.397 e. The highest BCUT2D eigenvalue weighted by molar-refractivity contribution is 14.1. The van der Waals surface area contributed by atoms with Gasteiger partial charge in [0.05, 0.1) is 11.4 Å². The van der Waals surface area contributed by atoms with Gasteiger partial charge in [-0.3, -0.25) is 0 Å². The fraction of sp³-hybridized carbons (Fsp3) is 0.538. The summed E-state index contributed by atoms with van der Waals surface area (Å²) in [5, 5.41) is 3.59. The molecule has 1 aliphatic carbocycles. The van der Waals surface area contributed by atoms with E-state index in [9.17, 15) is 0 Å². The third-order valence-corrected chi connectivity index (χ3v) is 3.90. The second kappa shape index (κ2) is 5.75. The molecule has 1 fully saturated rings. The number of nitrogens with two attached hydrogens (primary N) is 1. The number of nitrogen functional groups attached to an aromatic ring is 1. The van der Waals surface area contributed by atoms with Crippen molar-refractivity contribution in [2.75, 3.05) is 11.1 Å². The van der Waals surface area contributed by atoms with Gasteiger partial charge in [-0.1, -0.05) is 25.7 Å². The second-order valence-electron chi connectivity index (χ2n) is 4.56. The van der Waals surface area contributed by atoms with E-state index in [0.29, 0.717) is 6.04 Å². The molecule has 1 saturated carbocycles. The summed E-state index contributed by atoms with van der Waals surface area (Å²) >= 11 is 2.29. The Labute approximate surface area is 111 Å². The van der Waals surface area contributed by atoms with Crippen molar-refractivity contribution in [1.82, 2.24) is 0 Å². The van der Waals surface area contributed by atoms with Gasteiger partial charge in [0.25, 0.3) is 0 Å². The van der Waals surface area contributed by atoms with Crippen LogP contribution in [0, 0.1) is 3.57 Å². The van der Waals surface area contributed by atoms with Crippen LogP contribution in [0.2, 0.25) is 0 Å². The van der Waals surface area contributed by atoms with Gasteiger partial charge in [0.1, 0.15) is 0 Å². The summed E-state index contributed by atoms with van der Waals surface area (Å²) in [5.74, 6) is 0. The van der Waals surface area contributed by atoms with Crippen LogP contribution < -0.4 is 11.1 Å². The molecule has 16 heavy (non-hydrogen) atoms. The minimum atomic E-state index is 0.616. The zero-order valence-corrected chi connectivity index (χ0v) is 11.7. The van der Waals surface area contributed by atoms with Crippen LogP contribution in [0.4, 0.5) is 11.4 Å². The molecule has 0 heterocycles. The summed E-state index contributed by atoms with van der Waals surface area (Å²) in [7, 11) is 0. The fourth-order valence-electron chi connectivity index (χ4n) is 2.31. The molecule has 0 radical (unpaired) electrons. The molecule has 1 aliphatic rings. The summed E-state index contributed by atoms with van der Waals surface area (Å²) in [6.45, 7) is 0. The standard InChI is InChI=1S/C13H19IN2/c14-10-7-8-13(12(15)9-10)16-11-5-3-1-2-4-6-11/h7-9,11,16H,1-6,15H2. The topological polar surface area (TPSA) is 38.0 Å². The first-order valence-corrected chi connectivity index (χ1v) is 7.15. The number of rotatable bonds is 2. The molecule has 0 saturated heterocycles. The summed E-state index contributed by atoms with van der Waals surface area (Å²) in [6, 6.07) is 6.85. The maximum absolute atomic E-state index is 6.01.